The summed E-state index contributed by atoms with van der Waals surface area (Å²) in [6.45, 7) is 13.8. The van der Waals surface area contributed by atoms with Crippen LogP contribution in [0.25, 0.3) is 0 Å². The molecule has 2 heterocycles. The number of Topliss-reactive ketones (excluding diaryl/α,β-unsaturated/α-hetero) is 2. The maximum absolute atomic E-state index is 12.3. The van der Waals surface area contributed by atoms with E-state index >= 15 is 0 Å². The highest BCUT2D eigenvalue weighted by atomic mass is 16.1. The van der Waals surface area contributed by atoms with Gasteiger partial charge >= 0.3 is 0 Å². The first-order valence-electron chi connectivity index (χ1n) is 11.3. The molecule has 2 aliphatic heterocycles. The van der Waals surface area contributed by atoms with Gasteiger partial charge < -0.3 is 4.90 Å². The van der Waals surface area contributed by atoms with Crippen LogP contribution in [-0.4, -0.2) is 73.7 Å². The van der Waals surface area contributed by atoms with Crippen LogP contribution in [0.4, 0.5) is 5.69 Å². The molecule has 160 valence electrons. The SMILES string of the molecule is CC(=O)CN1CCC(CCN2CCN(c3cccc(C(=O)C(C)C)c3)CC2)CC1. The van der Waals surface area contributed by atoms with Crippen molar-refractivity contribution in [2.75, 3.05) is 57.3 Å². The van der Waals surface area contributed by atoms with Crippen molar-refractivity contribution in [1.82, 2.24) is 9.80 Å². The predicted molar refractivity (Wildman–Crippen MR) is 119 cm³/mol. The van der Waals surface area contributed by atoms with Gasteiger partial charge in [-0.3, -0.25) is 19.4 Å². The van der Waals surface area contributed by atoms with E-state index in [4.69, 9.17) is 0 Å². The number of piperazine rings is 1. The molecule has 0 aromatic heterocycles. The number of hydrogen-bond acceptors (Lipinski definition) is 5. The fraction of sp³-hybridized carbons (Fsp3) is 0.667. The molecular formula is C24H37N3O2. The molecule has 2 aliphatic rings. The Morgan fingerprint density at radius 3 is 2.31 bits per heavy atom. The highest BCUT2D eigenvalue weighted by Gasteiger charge is 2.22. The van der Waals surface area contributed by atoms with Crippen LogP contribution in [0.3, 0.4) is 0 Å². The van der Waals surface area contributed by atoms with Gasteiger partial charge in [0, 0.05) is 43.3 Å². The van der Waals surface area contributed by atoms with Crippen LogP contribution in [0.15, 0.2) is 24.3 Å². The van der Waals surface area contributed by atoms with E-state index in [9.17, 15) is 9.59 Å². The quantitative estimate of drug-likeness (QED) is 0.628. The van der Waals surface area contributed by atoms with Crippen LogP contribution < -0.4 is 4.90 Å². The number of carbonyl (C=O) groups is 2. The number of ketones is 2. The van der Waals surface area contributed by atoms with Gasteiger partial charge in [-0.05, 0) is 63.9 Å². The molecule has 0 atom stereocenters. The van der Waals surface area contributed by atoms with Gasteiger partial charge in [0.05, 0.1) is 6.54 Å². The zero-order chi connectivity index (χ0) is 20.8. The molecule has 5 heteroatoms. The number of nitrogens with zero attached hydrogens (tertiary/aromatic N) is 3. The lowest BCUT2D eigenvalue weighted by molar-refractivity contribution is -0.118. The van der Waals surface area contributed by atoms with Gasteiger partial charge in [0.25, 0.3) is 0 Å². The monoisotopic (exact) mass is 399 g/mol. The standard InChI is InChI=1S/C24H37N3O2/c1-19(2)24(29)22-5-4-6-23(17-22)27-15-13-25(14-16-27)10-7-21-8-11-26(12-9-21)18-20(3)28/h4-6,17,19,21H,7-16,18H2,1-3H3. The Hall–Kier alpha value is -1.72. The van der Waals surface area contributed by atoms with Crippen molar-refractivity contribution in [2.45, 2.75) is 40.0 Å². The third-order valence-corrected chi connectivity index (χ3v) is 6.40. The van der Waals surface area contributed by atoms with Gasteiger partial charge in [-0.15, -0.1) is 0 Å². The lowest BCUT2D eigenvalue weighted by Gasteiger charge is -2.37. The Bertz CT molecular complexity index is 687. The lowest BCUT2D eigenvalue weighted by Crippen LogP contribution is -2.47. The predicted octanol–water partition coefficient (Wildman–Crippen LogP) is 3.34. The Morgan fingerprint density at radius 2 is 1.69 bits per heavy atom. The first kappa shape index (κ1) is 22.0. The van der Waals surface area contributed by atoms with Crippen molar-refractivity contribution in [1.29, 1.82) is 0 Å². The summed E-state index contributed by atoms with van der Waals surface area (Å²) in [5, 5.41) is 0. The molecule has 1 aromatic rings. The van der Waals surface area contributed by atoms with Crippen LogP contribution in [0.1, 0.15) is 50.4 Å². The van der Waals surface area contributed by atoms with Crippen LogP contribution in [0, 0.1) is 11.8 Å². The number of likely N-dealkylation sites (tertiary alicyclic amines) is 1. The molecule has 5 nitrogen and oxygen atoms in total. The third-order valence-electron chi connectivity index (χ3n) is 6.40. The van der Waals surface area contributed by atoms with E-state index in [2.05, 4.69) is 26.8 Å². The molecule has 0 N–H and O–H groups in total. The van der Waals surface area contributed by atoms with Crippen LogP contribution >= 0.6 is 0 Å². The normalized spacial score (nSPS) is 19.7. The second-order valence-electron chi connectivity index (χ2n) is 9.11. The molecule has 0 amide bonds. The second kappa shape index (κ2) is 10.4. The van der Waals surface area contributed by atoms with Crippen molar-refractivity contribution in [3.8, 4) is 0 Å². The minimum absolute atomic E-state index is 0.0384. The summed E-state index contributed by atoms with van der Waals surface area (Å²) in [5.74, 6) is 1.34. The van der Waals surface area contributed by atoms with Gasteiger partial charge in [-0.2, -0.15) is 0 Å². The minimum Gasteiger partial charge on any atom is -0.369 e. The van der Waals surface area contributed by atoms with E-state index in [0.717, 1.165) is 50.7 Å². The average molecular weight is 400 g/mol. The molecule has 0 aliphatic carbocycles. The van der Waals surface area contributed by atoms with Crippen LogP contribution in [-0.2, 0) is 4.79 Å². The number of carbonyl (C=O) groups excluding carboxylic acids is 2. The number of rotatable bonds is 8. The molecule has 0 radical (unpaired) electrons. The molecule has 29 heavy (non-hydrogen) atoms. The molecule has 2 fully saturated rings. The lowest BCUT2D eigenvalue weighted by atomic mass is 9.93. The molecule has 3 rings (SSSR count). The summed E-state index contributed by atoms with van der Waals surface area (Å²) in [4.78, 5) is 30.9. The van der Waals surface area contributed by atoms with E-state index < -0.39 is 0 Å². The minimum atomic E-state index is 0.0384. The molecule has 0 unspecified atom stereocenters. The molecule has 0 bridgehead atoms. The summed E-state index contributed by atoms with van der Waals surface area (Å²) in [6.07, 6.45) is 3.72. The van der Waals surface area contributed by atoms with E-state index in [-0.39, 0.29) is 17.5 Å². The van der Waals surface area contributed by atoms with Gasteiger partial charge in [0.15, 0.2) is 5.78 Å². The van der Waals surface area contributed by atoms with Crippen molar-refractivity contribution in [2.24, 2.45) is 11.8 Å². The first-order valence-corrected chi connectivity index (χ1v) is 11.3. The van der Waals surface area contributed by atoms with Gasteiger partial charge in [0.1, 0.15) is 5.78 Å². The largest absolute Gasteiger partial charge is 0.369 e. The highest BCUT2D eigenvalue weighted by Crippen LogP contribution is 2.23. The zero-order valence-corrected chi connectivity index (χ0v) is 18.4. The molecule has 0 saturated carbocycles. The molecule has 0 spiro atoms. The van der Waals surface area contributed by atoms with Gasteiger partial charge in [-0.1, -0.05) is 26.0 Å². The summed E-state index contributed by atoms with van der Waals surface area (Å²) < 4.78 is 0. The second-order valence-corrected chi connectivity index (χ2v) is 9.11. The topological polar surface area (TPSA) is 43.9 Å². The van der Waals surface area contributed by atoms with Crippen molar-refractivity contribution in [3.63, 3.8) is 0 Å². The summed E-state index contributed by atoms with van der Waals surface area (Å²) in [5.41, 5.74) is 2.00. The maximum Gasteiger partial charge on any atom is 0.165 e. The van der Waals surface area contributed by atoms with Crippen LogP contribution in [0.2, 0.25) is 0 Å². The third kappa shape index (κ3) is 6.38. The van der Waals surface area contributed by atoms with E-state index in [1.54, 1.807) is 6.92 Å². The fourth-order valence-corrected chi connectivity index (χ4v) is 4.53. The Morgan fingerprint density at radius 1 is 1.00 bits per heavy atom. The average Bonchev–Trinajstić information content (AvgIpc) is 2.72. The van der Waals surface area contributed by atoms with Crippen molar-refractivity contribution in [3.05, 3.63) is 29.8 Å². The van der Waals surface area contributed by atoms with Crippen molar-refractivity contribution >= 4 is 17.3 Å². The maximum atomic E-state index is 12.3. The first-order chi connectivity index (χ1) is 13.9. The van der Waals surface area contributed by atoms with Gasteiger partial charge in [-0.25, -0.2) is 0 Å². The Kier molecular flexibility index (Phi) is 7.84. The Labute approximate surface area is 176 Å². The smallest absolute Gasteiger partial charge is 0.165 e. The fourth-order valence-electron chi connectivity index (χ4n) is 4.53. The van der Waals surface area contributed by atoms with Crippen LogP contribution in [0.5, 0.6) is 0 Å². The highest BCUT2D eigenvalue weighted by molar-refractivity contribution is 5.98. The number of benzene rings is 1. The number of piperidine rings is 1. The van der Waals surface area contributed by atoms with E-state index in [1.165, 1.54) is 31.5 Å². The van der Waals surface area contributed by atoms with E-state index in [0.29, 0.717) is 6.54 Å². The number of anilines is 1. The van der Waals surface area contributed by atoms with E-state index in [1.807, 2.05) is 26.0 Å². The molecular weight excluding hydrogens is 362 g/mol. The van der Waals surface area contributed by atoms with Crippen molar-refractivity contribution < 1.29 is 9.59 Å². The Balaban J connectivity index is 1.41. The molecule has 1 aromatic carbocycles. The summed E-state index contributed by atoms with van der Waals surface area (Å²) >= 11 is 0. The zero-order valence-electron chi connectivity index (χ0n) is 18.4. The molecule has 2 saturated heterocycles. The summed E-state index contributed by atoms with van der Waals surface area (Å²) in [7, 11) is 0. The number of hydrogen-bond donors (Lipinski definition) is 0. The van der Waals surface area contributed by atoms with Gasteiger partial charge in [0.2, 0.25) is 0 Å². The summed E-state index contributed by atoms with van der Waals surface area (Å²) in [6, 6.07) is 8.13.